The van der Waals surface area contributed by atoms with E-state index in [1.807, 2.05) is 11.6 Å². The Hall–Kier alpha value is -1.26. The van der Waals surface area contributed by atoms with E-state index in [1.165, 1.54) is 5.56 Å². The van der Waals surface area contributed by atoms with Gasteiger partial charge in [-0.2, -0.15) is 0 Å². The summed E-state index contributed by atoms with van der Waals surface area (Å²) in [6.45, 7) is 0. The van der Waals surface area contributed by atoms with Gasteiger partial charge in [0.05, 0.1) is 11.0 Å². The first-order valence-electron chi connectivity index (χ1n) is 7.85. The second-order valence-electron chi connectivity index (χ2n) is 5.73. The van der Waals surface area contributed by atoms with Crippen LogP contribution in [-0.2, 0) is 18.3 Å². The molecule has 4 nitrogen and oxygen atoms in total. The standard InChI is InChI=1S/C17H22Cl2N2O2/c1-21-15-6-5-13(12(7-9-18)8-10-19)11-14(15)20-16(21)3-2-4-17(22)23/h5-6,11-12H,2-4,7-10H2,1H3,(H,22,23). The van der Waals surface area contributed by atoms with Crippen molar-refractivity contribution in [2.24, 2.45) is 7.05 Å². The van der Waals surface area contributed by atoms with Crippen LogP contribution in [-0.4, -0.2) is 32.4 Å². The molecular weight excluding hydrogens is 335 g/mol. The van der Waals surface area contributed by atoms with Crippen LogP contribution in [0.25, 0.3) is 11.0 Å². The summed E-state index contributed by atoms with van der Waals surface area (Å²) in [5.74, 6) is 1.73. The molecule has 0 unspecified atom stereocenters. The van der Waals surface area contributed by atoms with E-state index in [-0.39, 0.29) is 6.42 Å². The lowest BCUT2D eigenvalue weighted by Gasteiger charge is -2.14. The molecule has 0 atom stereocenters. The van der Waals surface area contributed by atoms with Crippen LogP contribution < -0.4 is 0 Å². The van der Waals surface area contributed by atoms with Gasteiger partial charge in [0.15, 0.2) is 0 Å². The maximum Gasteiger partial charge on any atom is 0.303 e. The Morgan fingerprint density at radius 3 is 2.61 bits per heavy atom. The SMILES string of the molecule is Cn1c(CCCC(=O)O)nc2cc(C(CCCl)CCCl)ccc21. The van der Waals surface area contributed by atoms with Gasteiger partial charge >= 0.3 is 5.97 Å². The first-order valence-corrected chi connectivity index (χ1v) is 8.92. The summed E-state index contributed by atoms with van der Waals surface area (Å²) in [4.78, 5) is 15.3. The topological polar surface area (TPSA) is 55.1 Å². The van der Waals surface area contributed by atoms with E-state index in [4.69, 9.17) is 28.3 Å². The molecule has 0 bridgehead atoms. The van der Waals surface area contributed by atoms with Crippen molar-refractivity contribution in [1.82, 2.24) is 9.55 Å². The van der Waals surface area contributed by atoms with Gasteiger partial charge in [0.2, 0.25) is 0 Å². The molecule has 0 amide bonds. The monoisotopic (exact) mass is 356 g/mol. The summed E-state index contributed by atoms with van der Waals surface area (Å²) >= 11 is 11.8. The zero-order valence-electron chi connectivity index (χ0n) is 13.3. The Kier molecular flexibility index (Phi) is 6.72. The van der Waals surface area contributed by atoms with E-state index in [2.05, 4.69) is 23.2 Å². The predicted molar refractivity (Wildman–Crippen MR) is 94.7 cm³/mol. The Labute approximate surface area is 146 Å². The smallest absolute Gasteiger partial charge is 0.303 e. The molecule has 0 radical (unpaired) electrons. The molecule has 126 valence electrons. The van der Waals surface area contributed by atoms with E-state index < -0.39 is 5.97 Å². The number of halogens is 2. The molecule has 0 aliphatic heterocycles. The number of carboxylic acids is 1. The van der Waals surface area contributed by atoms with Crippen molar-refractivity contribution in [2.45, 2.75) is 38.0 Å². The number of alkyl halides is 2. The Balaban J connectivity index is 2.23. The third-order valence-corrected chi connectivity index (χ3v) is 4.61. The molecule has 0 aliphatic carbocycles. The maximum atomic E-state index is 10.6. The second-order valence-corrected chi connectivity index (χ2v) is 6.49. The molecule has 6 heteroatoms. The first-order chi connectivity index (χ1) is 11.1. The summed E-state index contributed by atoms with van der Waals surface area (Å²) in [7, 11) is 1.97. The normalized spacial score (nSPS) is 11.5. The lowest BCUT2D eigenvalue weighted by molar-refractivity contribution is -0.137. The highest BCUT2D eigenvalue weighted by Crippen LogP contribution is 2.28. The van der Waals surface area contributed by atoms with E-state index in [9.17, 15) is 4.79 Å². The van der Waals surface area contributed by atoms with E-state index in [0.717, 1.165) is 29.7 Å². The van der Waals surface area contributed by atoms with Crippen LogP contribution in [0.3, 0.4) is 0 Å². The van der Waals surface area contributed by atoms with Crippen molar-refractivity contribution in [3.05, 3.63) is 29.6 Å². The van der Waals surface area contributed by atoms with Crippen LogP contribution in [0.5, 0.6) is 0 Å². The van der Waals surface area contributed by atoms with Gasteiger partial charge in [-0.05, 0) is 42.9 Å². The van der Waals surface area contributed by atoms with Crippen molar-refractivity contribution in [1.29, 1.82) is 0 Å². The number of nitrogens with zero attached hydrogens (tertiary/aromatic N) is 2. The molecule has 2 aromatic rings. The first kappa shape index (κ1) is 18.1. The lowest BCUT2D eigenvalue weighted by Crippen LogP contribution is -2.01. The molecule has 0 saturated carbocycles. The Bertz CT molecular complexity index is 664. The number of hydrogen-bond acceptors (Lipinski definition) is 2. The number of carbonyl (C=O) groups is 1. The van der Waals surface area contributed by atoms with Crippen LogP contribution >= 0.6 is 23.2 Å². The molecule has 0 aliphatic rings. The lowest BCUT2D eigenvalue weighted by atomic mass is 9.93. The number of benzene rings is 1. The number of carboxylic acid groups (broad SMARTS) is 1. The molecule has 0 spiro atoms. The zero-order chi connectivity index (χ0) is 16.8. The van der Waals surface area contributed by atoms with Crippen molar-refractivity contribution in [3.63, 3.8) is 0 Å². The number of rotatable bonds is 9. The van der Waals surface area contributed by atoms with Crippen LogP contribution in [0.1, 0.15) is 43.0 Å². The summed E-state index contributed by atoms with van der Waals surface area (Å²) in [6.07, 6.45) is 3.23. The highest BCUT2D eigenvalue weighted by atomic mass is 35.5. The maximum absolute atomic E-state index is 10.6. The van der Waals surface area contributed by atoms with Crippen molar-refractivity contribution >= 4 is 40.2 Å². The fourth-order valence-corrected chi connectivity index (χ4v) is 3.41. The van der Waals surface area contributed by atoms with Gasteiger partial charge in [0, 0.05) is 31.6 Å². The third kappa shape index (κ3) is 4.61. The quantitative estimate of drug-likeness (QED) is 0.680. The highest BCUT2D eigenvalue weighted by molar-refractivity contribution is 6.18. The summed E-state index contributed by atoms with van der Waals surface area (Å²) in [6, 6.07) is 6.31. The third-order valence-electron chi connectivity index (χ3n) is 4.18. The minimum atomic E-state index is -0.768. The average molecular weight is 357 g/mol. The van der Waals surface area contributed by atoms with Gasteiger partial charge in [0.1, 0.15) is 5.82 Å². The van der Waals surface area contributed by atoms with E-state index in [0.29, 0.717) is 30.5 Å². The highest BCUT2D eigenvalue weighted by Gasteiger charge is 2.14. The predicted octanol–water partition coefficient (Wildman–Crippen LogP) is 4.32. The number of aryl methyl sites for hydroxylation is 2. The molecule has 1 aromatic heterocycles. The Morgan fingerprint density at radius 2 is 2.00 bits per heavy atom. The van der Waals surface area contributed by atoms with Crippen molar-refractivity contribution in [3.8, 4) is 0 Å². The largest absolute Gasteiger partial charge is 0.481 e. The van der Waals surface area contributed by atoms with Crippen molar-refractivity contribution in [2.75, 3.05) is 11.8 Å². The number of fused-ring (bicyclic) bond motifs is 1. The van der Waals surface area contributed by atoms with Gasteiger partial charge in [0.25, 0.3) is 0 Å². The number of imidazole rings is 1. The minimum Gasteiger partial charge on any atom is -0.481 e. The van der Waals surface area contributed by atoms with Crippen molar-refractivity contribution < 1.29 is 9.90 Å². The summed E-state index contributed by atoms with van der Waals surface area (Å²) < 4.78 is 2.04. The van der Waals surface area contributed by atoms with Crippen LogP contribution in [0.15, 0.2) is 18.2 Å². The minimum absolute atomic E-state index is 0.169. The van der Waals surface area contributed by atoms with Gasteiger partial charge in [-0.15, -0.1) is 23.2 Å². The molecule has 1 heterocycles. The van der Waals surface area contributed by atoms with Crippen LogP contribution in [0.2, 0.25) is 0 Å². The number of hydrogen-bond donors (Lipinski definition) is 1. The van der Waals surface area contributed by atoms with Gasteiger partial charge in [-0.3, -0.25) is 4.79 Å². The number of aliphatic carboxylic acids is 1. The molecule has 0 fully saturated rings. The summed E-state index contributed by atoms with van der Waals surface area (Å²) in [5.41, 5.74) is 3.23. The molecule has 1 N–H and O–H groups in total. The van der Waals surface area contributed by atoms with Gasteiger partial charge < -0.3 is 9.67 Å². The van der Waals surface area contributed by atoms with Crippen LogP contribution in [0, 0.1) is 0 Å². The van der Waals surface area contributed by atoms with Gasteiger partial charge in [-0.25, -0.2) is 4.98 Å². The molecule has 23 heavy (non-hydrogen) atoms. The average Bonchev–Trinajstić information content (AvgIpc) is 2.83. The van der Waals surface area contributed by atoms with Gasteiger partial charge in [-0.1, -0.05) is 6.07 Å². The molecular formula is C17H22Cl2N2O2. The van der Waals surface area contributed by atoms with E-state index >= 15 is 0 Å². The Morgan fingerprint density at radius 1 is 1.30 bits per heavy atom. The zero-order valence-corrected chi connectivity index (χ0v) is 14.8. The molecule has 2 rings (SSSR count). The molecule has 0 saturated heterocycles. The number of aromatic nitrogens is 2. The second kappa shape index (κ2) is 8.55. The fourth-order valence-electron chi connectivity index (χ4n) is 2.88. The van der Waals surface area contributed by atoms with Crippen LogP contribution in [0.4, 0.5) is 0 Å². The fraction of sp³-hybridized carbons (Fsp3) is 0.529. The van der Waals surface area contributed by atoms with E-state index in [1.54, 1.807) is 0 Å². The molecule has 1 aromatic carbocycles. The summed E-state index contributed by atoms with van der Waals surface area (Å²) in [5, 5.41) is 8.75.